The molecule has 2 aromatic heterocycles. The standard InChI is InChI=1S/C26H25FN4O3S/c1-29(2)20-10-12-30(16-20)15-17-3-5-18(6-4-17)25-14-22-26(35-25)24(9-11-28-22)34-23-8-7-19(31(32)33)13-21(23)27/h3-9,11,13-14,20H,10,12,15-16H2,1-2H3. The van der Waals surface area contributed by atoms with Crippen LogP contribution in [0.4, 0.5) is 10.1 Å². The zero-order valence-corrected chi connectivity index (χ0v) is 20.3. The Morgan fingerprint density at radius 1 is 1.17 bits per heavy atom. The number of thiophene rings is 1. The third-order valence-corrected chi connectivity index (χ3v) is 7.53. The number of hydrogen-bond acceptors (Lipinski definition) is 7. The second-order valence-corrected chi connectivity index (χ2v) is 10.00. The van der Waals surface area contributed by atoms with Gasteiger partial charge in [-0.3, -0.25) is 20.0 Å². The molecule has 0 bridgehead atoms. The second-order valence-electron chi connectivity index (χ2n) is 8.95. The van der Waals surface area contributed by atoms with Crippen LogP contribution in [0.15, 0.2) is 60.8 Å². The summed E-state index contributed by atoms with van der Waals surface area (Å²) in [5.41, 5.74) is 2.79. The number of nitrogens with zero attached hydrogens (tertiary/aromatic N) is 4. The van der Waals surface area contributed by atoms with Crippen molar-refractivity contribution in [1.29, 1.82) is 0 Å². The first-order valence-electron chi connectivity index (χ1n) is 11.4. The van der Waals surface area contributed by atoms with E-state index in [-0.39, 0.29) is 11.4 Å². The first kappa shape index (κ1) is 23.3. The molecule has 7 nitrogen and oxygen atoms in total. The van der Waals surface area contributed by atoms with Crippen LogP contribution in [0.5, 0.6) is 11.5 Å². The summed E-state index contributed by atoms with van der Waals surface area (Å²) < 4.78 is 20.9. The van der Waals surface area contributed by atoms with E-state index >= 15 is 0 Å². The maximum Gasteiger partial charge on any atom is 0.272 e. The molecule has 0 N–H and O–H groups in total. The van der Waals surface area contributed by atoms with Gasteiger partial charge >= 0.3 is 0 Å². The molecule has 4 aromatic rings. The van der Waals surface area contributed by atoms with Gasteiger partial charge in [-0.25, -0.2) is 4.39 Å². The van der Waals surface area contributed by atoms with Crippen molar-refractivity contribution in [1.82, 2.24) is 14.8 Å². The van der Waals surface area contributed by atoms with Gasteiger partial charge in [0.05, 0.1) is 21.2 Å². The summed E-state index contributed by atoms with van der Waals surface area (Å²) in [4.78, 5) is 20.5. The molecule has 0 saturated carbocycles. The number of non-ortho nitro benzene ring substituents is 1. The minimum Gasteiger partial charge on any atom is -0.453 e. The summed E-state index contributed by atoms with van der Waals surface area (Å²) in [5.74, 6) is -0.396. The van der Waals surface area contributed by atoms with Crippen molar-refractivity contribution < 1.29 is 14.1 Å². The Labute approximate surface area is 206 Å². The van der Waals surface area contributed by atoms with Crippen molar-refractivity contribution in [3.8, 4) is 21.9 Å². The molecule has 35 heavy (non-hydrogen) atoms. The topological polar surface area (TPSA) is 71.7 Å². The molecule has 1 atom stereocenters. The SMILES string of the molecule is CN(C)C1CCN(Cc2ccc(-c3cc4nccc(Oc5ccc([N+](=O)[O-])cc5F)c4s3)cc2)C1. The predicted molar refractivity (Wildman–Crippen MR) is 136 cm³/mol. The highest BCUT2D eigenvalue weighted by Gasteiger charge is 2.23. The number of fused-ring (bicyclic) bond motifs is 1. The van der Waals surface area contributed by atoms with Crippen LogP contribution < -0.4 is 4.74 Å². The number of likely N-dealkylation sites (N-methyl/N-ethyl adjacent to an activating group) is 1. The van der Waals surface area contributed by atoms with Gasteiger partial charge in [0, 0.05) is 48.9 Å². The highest BCUT2D eigenvalue weighted by atomic mass is 32.1. The third-order valence-electron chi connectivity index (χ3n) is 6.34. The molecule has 5 rings (SSSR count). The maximum absolute atomic E-state index is 14.4. The van der Waals surface area contributed by atoms with Gasteiger partial charge in [0.25, 0.3) is 5.69 Å². The summed E-state index contributed by atoms with van der Waals surface area (Å²) in [6, 6.07) is 16.2. The van der Waals surface area contributed by atoms with E-state index in [1.165, 1.54) is 35.5 Å². The average Bonchev–Trinajstić information content (AvgIpc) is 3.49. The average molecular weight is 493 g/mol. The lowest BCUT2D eigenvalue weighted by Crippen LogP contribution is -2.31. The lowest BCUT2D eigenvalue weighted by atomic mass is 10.1. The van der Waals surface area contributed by atoms with Crippen molar-refractivity contribution in [3.63, 3.8) is 0 Å². The normalized spacial score (nSPS) is 16.3. The molecule has 3 heterocycles. The molecule has 1 aliphatic heterocycles. The Bertz CT molecular complexity index is 1370. The van der Waals surface area contributed by atoms with Crippen molar-refractivity contribution in [2.75, 3.05) is 27.2 Å². The Morgan fingerprint density at radius 2 is 1.97 bits per heavy atom. The lowest BCUT2D eigenvalue weighted by Gasteiger charge is -2.20. The molecule has 0 radical (unpaired) electrons. The Balaban J connectivity index is 1.34. The molecule has 1 unspecified atom stereocenters. The number of hydrogen-bond donors (Lipinski definition) is 0. The zero-order chi connectivity index (χ0) is 24.5. The summed E-state index contributed by atoms with van der Waals surface area (Å²) in [5, 5.41) is 10.9. The van der Waals surface area contributed by atoms with Gasteiger partial charge in [-0.05, 0) is 43.8 Å². The van der Waals surface area contributed by atoms with Crippen LogP contribution >= 0.6 is 11.3 Å². The monoisotopic (exact) mass is 492 g/mol. The fourth-order valence-electron chi connectivity index (χ4n) is 4.35. The molecule has 1 aliphatic rings. The number of likely N-dealkylation sites (tertiary alicyclic amines) is 1. The number of rotatable bonds is 7. The van der Waals surface area contributed by atoms with Crippen LogP contribution in [0, 0.1) is 15.9 Å². The van der Waals surface area contributed by atoms with Crippen molar-refractivity contribution in [2.45, 2.75) is 19.0 Å². The number of ether oxygens (including phenoxy) is 1. The van der Waals surface area contributed by atoms with Gasteiger partial charge in [0.1, 0.15) is 5.75 Å². The van der Waals surface area contributed by atoms with E-state index in [9.17, 15) is 14.5 Å². The molecule has 1 fully saturated rings. The fraction of sp³-hybridized carbons (Fsp3) is 0.269. The molecule has 0 spiro atoms. The maximum atomic E-state index is 14.4. The Morgan fingerprint density at radius 3 is 2.66 bits per heavy atom. The number of nitro groups is 1. The Hall–Kier alpha value is -3.40. The molecule has 0 amide bonds. The van der Waals surface area contributed by atoms with Gasteiger partial charge < -0.3 is 9.64 Å². The molecular formula is C26H25FN4O3S. The quantitative estimate of drug-likeness (QED) is 0.235. The van der Waals surface area contributed by atoms with E-state index in [2.05, 4.69) is 53.1 Å². The second kappa shape index (κ2) is 9.69. The molecule has 9 heteroatoms. The molecular weight excluding hydrogens is 467 g/mol. The van der Waals surface area contributed by atoms with E-state index in [0.717, 1.165) is 46.4 Å². The number of benzene rings is 2. The minimum atomic E-state index is -0.786. The van der Waals surface area contributed by atoms with Crippen LogP contribution in [0.3, 0.4) is 0 Å². The lowest BCUT2D eigenvalue weighted by molar-refractivity contribution is -0.385. The molecule has 0 aliphatic carbocycles. The van der Waals surface area contributed by atoms with Crippen LogP contribution in [-0.4, -0.2) is 52.9 Å². The smallest absolute Gasteiger partial charge is 0.272 e. The Kier molecular flexibility index (Phi) is 6.46. The highest BCUT2D eigenvalue weighted by Crippen LogP contribution is 2.40. The van der Waals surface area contributed by atoms with Gasteiger partial charge in [-0.15, -0.1) is 11.3 Å². The number of nitro benzene ring substituents is 1. The predicted octanol–water partition coefficient (Wildman–Crippen LogP) is 5.94. The van der Waals surface area contributed by atoms with E-state index in [1.807, 2.05) is 6.07 Å². The highest BCUT2D eigenvalue weighted by molar-refractivity contribution is 7.22. The van der Waals surface area contributed by atoms with Crippen molar-refractivity contribution in [2.24, 2.45) is 0 Å². The number of aromatic nitrogens is 1. The summed E-state index contributed by atoms with van der Waals surface area (Å²) in [7, 11) is 4.28. The van der Waals surface area contributed by atoms with Crippen LogP contribution in [0.1, 0.15) is 12.0 Å². The van der Waals surface area contributed by atoms with E-state index in [4.69, 9.17) is 4.74 Å². The van der Waals surface area contributed by atoms with E-state index < -0.39 is 10.7 Å². The van der Waals surface area contributed by atoms with Crippen LogP contribution in [-0.2, 0) is 6.54 Å². The number of pyridine rings is 1. The van der Waals surface area contributed by atoms with Gasteiger partial charge in [0.2, 0.25) is 0 Å². The van der Waals surface area contributed by atoms with Gasteiger partial charge in [-0.2, -0.15) is 0 Å². The van der Waals surface area contributed by atoms with Gasteiger partial charge in [-0.1, -0.05) is 24.3 Å². The summed E-state index contributed by atoms with van der Waals surface area (Å²) in [6.07, 6.45) is 2.81. The minimum absolute atomic E-state index is 0.0687. The fourth-order valence-corrected chi connectivity index (χ4v) is 5.42. The molecule has 180 valence electrons. The number of halogens is 1. The first-order chi connectivity index (χ1) is 16.9. The van der Waals surface area contributed by atoms with Crippen LogP contribution in [0.25, 0.3) is 20.7 Å². The zero-order valence-electron chi connectivity index (χ0n) is 19.5. The van der Waals surface area contributed by atoms with Crippen molar-refractivity contribution >= 4 is 27.2 Å². The van der Waals surface area contributed by atoms with Gasteiger partial charge in [0.15, 0.2) is 11.6 Å². The largest absolute Gasteiger partial charge is 0.453 e. The van der Waals surface area contributed by atoms with E-state index in [0.29, 0.717) is 11.8 Å². The molecule has 1 saturated heterocycles. The summed E-state index contributed by atoms with van der Waals surface area (Å²) in [6.45, 7) is 3.15. The third kappa shape index (κ3) is 5.02. The van der Waals surface area contributed by atoms with Crippen molar-refractivity contribution in [3.05, 3.63) is 82.3 Å². The summed E-state index contributed by atoms with van der Waals surface area (Å²) >= 11 is 1.52. The van der Waals surface area contributed by atoms with E-state index in [1.54, 1.807) is 12.3 Å². The molecule has 2 aromatic carbocycles. The van der Waals surface area contributed by atoms with Crippen LogP contribution in [0.2, 0.25) is 0 Å². The first-order valence-corrected chi connectivity index (χ1v) is 12.2.